The number of hydrogen-bond donors (Lipinski definition) is 2. The molecule has 2 heterocycles. The molecule has 0 aliphatic heterocycles. The molecule has 1 unspecified atom stereocenters. The van der Waals surface area contributed by atoms with Gasteiger partial charge in [0.15, 0.2) is 0 Å². The number of halogens is 1. The largest absolute Gasteiger partial charge is 0.271 e. The summed E-state index contributed by atoms with van der Waals surface area (Å²) in [6.45, 7) is 0. The Morgan fingerprint density at radius 3 is 2.67 bits per heavy atom. The predicted molar refractivity (Wildman–Crippen MR) is 63.2 cm³/mol. The minimum absolute atomic E-state index is 0.0532. The first kappa shape index (κ1) is 10.7. The molecule has 0 amide bonds. The van der Waals surface area contributed by atoms with Crippen molar-refractivity contribution in [1.29, 1.82) is 0 Å². The van der Waals surface area contributed by atoms with Gasteiger partial charge in [-0.15, -0.1) is 11.3 Å². The second-order valence-corrected chi connectivity index (χ2v) is 4.80. The van der Waals surface area contributed by atoms with Gasteiger partial charge in [-0.1, -0.05) is 0 Å². The van der Waals surface area contributed by atoms with Crippen LogP contribution in [0.1, 0.15) is 16.5 Å². The molecule has 1 atom stereocenters. The maximum atomic E-state index is 5.53. The van der Waals surface area contributed by atoms with Crippen LogP contribution in [0, 0.1) is 0 Å². The topological polar surface area (TPSA) is 63.8 Å². The molecule has 0 saturated carbocycles. The van der Waals surface area contributed by atoms with Crippen LogP contribution in [0.2, 0.25) is 0 Å². The van der Waals surface area contributed by atoms with Crippen LogP contribution >= 0.6 is 27.3 Å². The Hall–Kier alpha value is -0.820. The SMILES string of the molecule is NNC(c1cncnc1)c1cc(Br)cs1. The molecule has 2 aromatic rings. The van der Waals surface area contributed by atoms with Crippen LogP contribution in [0.5, 0.6) is 0 Å². The number of nitrogens with one attached hydrogen (secondary N) is 1. The first-order valence-corrected chi connectivity index (χ1v) is 5.93. The molecule has 0 aromatic carbocycles. The normalized spacial score (nSPS) is 12.7. The van der Waals surface area contributed by atoms with E-state index in [-0.39, 0.29) is 6.04 Å². The zero-order valence-corrected chi connectivity index (χ0v) is 10.1. The molecule has 0 radical (unpaired) electrons. The maximum absolute atomic E-state index is 5.53. The number of aromatic nitrogens is 2. The van der Waals surface area contributed by atoms with Crippen LogP contribution in [0.4, 0.5) is 0 Å². The van der Waals surface area contributed by atoms with E-state index in [0.29, 0.717) is 0 Å². The van der Waals surface area contributed by atoms with E-state index in [9.17, 15) is 0 Å². The second kappa shape index (κ2) is 4.80. The van der Waals surface area contributed by atoms with Crippen molar-refractivity contribution in [2.75, 3.05) is 0 Å². The van der Waals surface area contributed by atoms with E-state index in [1.165, 1.54) is 6.33 Å². The standard InChI is InChI=1S/C9H9BrN4S/c10-7-1-8(15-4-7)9(14-11)6-2-12-5-13-3-6/h1-5,9,14H,11H2. The summed E-state index contributed by atoms with van der Waals surface area (Å²) in [6, 6.07) is 1.98. The van der Waals surface area contributed by atoms with Crippen molar-refractivity contribution in [2.45, 2.75) is 6.04 Å². The molecule has 0 aliphatic rings. The summed E-state index contributed by atoms with van der Waals surface area (Å²) >= 11 is 5.04. The molecule has 4 nitrogen and oxygen atoms in total. The van der Waals surface area contributed by atoms with Crippen molar-refractivity contribution in [2.24, 2.45) is 5.84 Å². The van der Waals surface area contributed by atoms with Crippen molar-refractivity contribution in [3.8, 4) is 0 Å². The van der Waals surface area contributed by atoms with E-state index in [2.05, 4.69) is 31.3 Å². The van der Waals surface area contributed by atoms with Gasteiger partial charge in [0.05, 0.1) is 6.04 Å². The number of nitrogens with zero attached hydrogens (tertiary/aromatic N) is 2. The summed E-state index contributed by atoms with van der Waals surface area (Å²) in [6.07, 6.45) is 5.01. The quantitative estimate of drug-likeness (QED) is 0.667. The molecule has 2 aromatic heterocycles. The molecule has 0 spiro atoms. The van der Waals surface area contributed by atoms with E-state index >= 15 is 0 Å². The van der Waals surface area contributed by atoms with Crippen LogP contribution in [0.15, 0.2) is 34.6 Å². The zero-order valence-electron chi connectivity index (χ0n) is 7.72. The Kier molecular flexibility index (Phi) is 3.42. The molecular weight excluding hydrogens is 276 g/mol. The van der Waals surface area contributed by atoms with Crippen LogP contribution in [0.3, 0.4) is 0 Å². The first-order chi connectivity index (χ1) is 7.31. The van der Waals surface area contributed by atoms with Gasteiger partial charge < -0.3 is 0 Å². The van der Waals surface area contributed by atoms with Crippen LogP contribution in [-0.4, -0.2) is 9.97 Å². The van der Waals surface area contributed by atoms with Gasteiger partial charge in [0.2, 0.25) is 0 Å². The Bertz CT molecular complexity index is 431. The Labute approximate surface area is 99.7 Å². The van der Waals surface area contributed by atoms with Crippen LogP contribution < -0.4 is 11.3 Å². The molecular formula is C9H9BrN4S. The summed E-state index contributed by atoms with van der Waals surface area (Å²) in [7, 11) is 0. The predicted octanol–water partition coefficient (Wildman–Crippen LogP) is 1.85. The molecule has 0 aliphatic carbocycles. The molecule has 0 fully saturated rings. The fraction of sp³-hybridized carbons (Fsp3) is 0.111. The van der Waals surface area contributed by atoms with Crippen molar-refractivity contribution < 1.29 is 0 Å². The van der Waals surface area contributed by atoms with Gasteiger partial charge >= 0.3 is 0 Å². The molecule has 15 heavy (non-hydrogen) atoms. The third kappa shape index (κ3) is 2.40. The van der Waals surface area contributed by atoms with Crippen LogP contribution in [-0.2, 0) is 0 Å². The smallest absolute Gasteiger partial charge is 0.115 e. The van der Waals surface area contributed by atoms with Gasteiger partial charge in [-0.2, -0.15) is 0 Å². The number of nitrogens with two attached hydrogens (primary N) is 1. The lowest BCUT2D eigenvalue weighted by Crippen LogP contribution is -2.28. The molecule has 3 N–H and O–H groups in total. The summed E-state index contributed by atoms with van der Waals surface area (Å²) in [5, 5.41) is 2.02. The summed E-state index contributed by atoms with van der Waals surface area (Å²) in [4.78, 5) is 9.07. The highest BCUT2D eigenvalue weighted by Gasteiger charge is 2.14. The average Bonchev–Trinajstić information content (AvgIpc) is 2.68. The molecule has 0 saturated heterocycles. The van der Waals surface area contributed by atoms with E-state index in [1.807, 2.05) is 11.4 Å². The minimum atomic E-state index is -0.0532. The number of thiophene rings is 1. The Morgan fingerprint density at radius 2 is 2.13 bits per heavy atom. The van der Waals surface area contributed by atoms with Gasteiger partial charge in [0.1, 0.15) is 6.33 Å². The van der Waals surface area contributed by atoms with E-state index < -0.39 is 0 Å². The first-order valence-electron chi connectivity index (χ1n) is 4.26. The highest BCUT2D eigenvalue weighted by atomic mass is 79.9. The van der Waals surface area contributed by atoms with Gasteiger partial charge in [0, 0.05) is 32.7 Å². The second-order valence-electron chi connectivity index (χ2n) is 2.94. The van der Waals surface area contributed by atoms with Crippen molar-refractivity contribution in [1.82, 2.24) is 15.4 Å². The van der Waals surface area contributed by atoms with Crippen LogP contribution in [0.25, 0.3) is 0 Å². The minimum Gasteiger partial charge on any atom is -0.271 e. The van der Waals surface area contributed by atoms with Gasteiger partial charge in [-0.05, 0) is 22.0 Å². The maximum Gasteiger partial charge on any atom is 0.115 e. The lowest BCUT2D eigenvalue weighted by Gasteiger charge is -2.13. The fourth-order valence-electron chi connectivity index (χ4n) is 1.28. The Balaban J connectivity index is 2.33. The number of rotatable bonds is 3. The fourth-order valence-corrected chi connectivity index (χ4v) is 2.81. The molecule has 2 rings (SSSR count). The molecule has 6 heteroatoms. The van der Waals surface area contributed by atoms with Crippen molar-refractivity contribution in [3.05, 3.63) is 45.1 Å². The van der Waals surface area contributed by atoms with E-state index in [1.54, 1.807) is 23.7 Å². The van der Waals surface area contributed by atoms with Crippen molar-refractivity contribution >= 4 is 27.3 Å². The molecule has 0 bridgehead atoms. The summed E-state index contributed by atoms with van der Waals surface area (Å²) < 4.78 is 1.06. The summed E-state index contributed by atoms with van der Waals surface area (Å²) in [5.41, 5.74) is 3.71. The Morgan fingerprint density at radius 1 is 1.40 bits per heavy atom. The highest BCUT2D eigenvalue weighted by Crippen LogP contribution is 2.28. The van der Waals surface area contributed by atoms with Gasteiger partial charge in [-0.3, -0.25) is 5.84 Å². The van der Waals surface area contributed by atoms with Gasteiger partial charge in [-0.25, -0.2) is 15.4 Å². The highest BCUT2D eigenvalue weighted by molar-refractivity contribution is 9.10. The zero-order chi connectivity index (χ0) is 10.7. The number of hydrogen-bond acceptors (Lipinski definition) is 5. The molecule has 78 valence electrons. The summed E-state index contributed by atoms with van der Waals surface area (Å²) in [5.74, 6) is 5.53. The third-order valence-electron chi connectivity index (χ3n) is 1.95. The van der Waals surface area contributed by atoms with E-state index in [4.69, 9.17) is 5.84 Å². The van der Waals surface area contributed by atoms with Gasteiger partial charge in [0.25, 0.3) is 0 Å². The third-order valence-corrected chi connectivity index (χ3v) is 3.71. The van der Waals surface area contributed by atoms with Crippen molar-refractivity contribution in [3.63, 3.8) is 0 Å². The lowest BCUT2D eigenvalue weighted by molar-refractivity contribution is 0.641. The monoisotopic (exact) mass is 284 g/mol. The van der Waals surface area contributed by atoms with E-state index in [0.717, 1.165) is 14.9 Å². The number of hydrazine groups is 1. The average molecular weight is 285 g/mol. The lowest BCUT2D eigenvalue weighted by atomic mass is 10.1.